The highest BCUT2D eigenvalue weighted by Crippen LogP contribution is 2.22. The second-order valence-electron chi connectivity index (χ2n) is 4.84. The molecule has 0 unspecified atom stereocenters. The average Bonchev–Trinajstić information content (AvgIpc) is 2.01. The molecule has 15 heavy (non-hydrogen) atoms. The van der Waals surface area contributed by atoms with E-state index in [9.17, 15) is 0 Å². The van der Waals surface area contributed by atoms with Crippen molar-refractivity contribution in [3.63, 3.8) is 0 Å². The highest BCUT2D eigenvalue weighted by atomic mass is 14.7. The Balaban J connectivity index is 5.34. The van der Waals surface area contributed by atoms with Crippen molar-refractivity contribution in [1.29, 1.82) is 0 Å². The van der Waals surface area contributed by atoms with Gasteiger partial charge in [-0.1, -0.05) is 39.8 Å². The first-order valence-corrected chi connectivity index (χ1v) is 5.69. The third-order valence-electron chi connectivity index (χ3n) is 2.62. The van der Waals surface area contributed by atoms with Crippen LogP contribution in [0.3, 0.4) is 0 Å². The SMILES string of the molecule is C=C(C)/N=C(C)\C(=C(/C)C(C)C)C(C)C. The van der Waals surface area contributed by atoms with Gasteiger partial charge < -0.3 is 0 Å². The minimum Gasteiger partial charge on any atom is -0.259 e. The topological polar surface area (TPSA) is 12.4 Å². The van der Waals surface area contributed by atoms with E-state index in [1.165, 1.54) is 11.1 Å². The van der Waals surface area contributed by atoms with E-state index in [4.69, 9.17) is 0 Å². The molecule has 0 aromatic heterocycles. The molecule has 0 amide bonds. The third kappa shape index (κ3) is 4.46. The van der Waals surface area contributed by atoms with Crippen LogP contribution in [-0.2, 0) is 0 Å². The molecule has 0 radical (unpaired) electrons. The number of hydrogen-bond donors (Lipinski definition) is 0. The molecule has 0 saturated carbocycles. The van der Waals surface area contributed by atoms with Gasteiger partial charge in [-0.25, -0.2) is 0 Å². The molecule has 0 aliphatic heterocycles. The van der Waals surface area contributed by atoms with Gasteiger partial charge in [0, 0.05) is 11.4 Å². The number of rotatable bonds is 4. The molecule has 0 fully saturated rings. The highest BCUT2D eigenvalue weighted by Gasteiger charge is 2.12. The summed E-state index contributed by atoms with van der Waals surface area (Å²) in [7, 11) is 0. The first-order chi connectivity index (χ1) is 6.77. The van der Waals surface area contributed by atoms with Crippen molar-refractivity contribution < 1.29 is 0 Å². The molecule has 0 N–H and O–H groups in total. The minimum absolute atomic E-state index is 0.524. The third-order valence-corrected chi connectivity index (χ3v) is 2.62. The molecule has 0 heterocycles. The summed E-state index contributed by atoms with van der Waals surface area (Å²) < 4.78 is 0. The largest absolute Gasteiger partial charge is 0.259 e. The number of allylic oxidation sites excluding steroid dienone is 3. The molecule has 0 rings (SSSR count). The van der Waals surface area contributed by atoms with Crippen LogP contribution in [0.1, 0.15) is 48.5 Å². The van der Waals surface area contributed by atoms with Gasteiger partial charge in [0.15, 0.2) is 0 Å². The summed E-state index contributed by atoms with van der Waals surface area (Å²) in [5.74, 6) is 1.10. The first kappa shape index (κ1) is 14.2. The Kier molecular flexibility index (Phi) is 5.56. The van der Waals surface area contributed by atoms with E-state index in [1.54, 1.807) is 0 Å². The second kappa shape index (κ2) is 5.89. The zero-order valence-electron chi connectivity index (χ0n) is 11.3. The molecule has 0 aromatic rings. The molecular formula is C14H25N. The molecular weight excluding hydrogens is 182 g/mol. The lowest BCUT2D eigenvalue weighted by Gasteiger charge is -2.18. The highest BCUT2D eigenvalue weighted by molar-refractivity contribution is 5.99. The molecule has 0 bridgehead atoms. The van der Waals surface area contributed by atoms with Gasteiger partial charge in [0.05, 0.1) is 0 Å². The van der Waals surface area contributed by atoms with Crippen LogP contribution in [0.2, 0.25) is 0 Å². The van der Waals surface area contributed by atoms with E-state index >= 15 is 0 Å². The quantitative estimate of drug-likeness (QED) is 0.597. The Morgan fingerprint density at radius 2 is 1.40 bits per heavy atom. The first-order valence-electron chi connectivity index (χ1n) is 5.69. The lowest BCUT2D eigenvalue weighted by Crippen LogP contribution is -2.10. The van der Waals surface area contributed by atoms with Gasteiger partial charge in [-0.2, -0.15) is 0 Å². The molecule has 0 aromatic carbocycles. The average molecular weight is 207 g/mol. The van der Waals surface area contributed by atoms with Crippen LogP contribution in [0, 0.1) is 11.8 Å². The molecule has 0 aliphatic carbocycles. The zero-order valence-corrected chi connectivity index (χ0v) is 11.3. The van der Waals surface area contributed by atoms with Gasteiger partial charge >= 0.3 is 0 Å². The summed E-state index contributed by atoms with van der Waals surface area (Å²) >= 11 is 0. The molecule has 86 valence electrons. The Morgan fingerprint density at radius 3 is 1.67 bits per heavy atom. The molecule has 0 saturated heterocycles. The van der Waals surface area contributed by atoms with E-state index in [0.29, 0.717) is 11.8 Å². The second-order valence-corrected chi connectivity index (χ2v) is 4.84. The molecule has 0 spiro atoms. The maximum atomic E-state index is 4.47. The Bertz CT molecular complexity index is 290. The fraction of sp³-hybridized carbons (Fsp3) is 0.643. The van der Waals surface area contributed by atoms with E-state index in [2.05, 4.69) is 53.1 Å². The van der Waals surface area contributed by atoms with E-state index in [1.807, 2.05) is 6.92 Å². The molecule has 0 aliphatic rings. The predicted octanol–water partition coefficient (Wildman–Crippen LogP) is 4.61. The van der Waals surface area contributed by atoms with Crippen LogP contribution in [-0.4, -0.2) is 5.71 Å². The van der Waals surface area contributed by atoms with E-state index < -0.39 is 0 Å². The van der Waals surface area contributed by atoms with Crippen molar-refractivity contribution >= 4 is 5.71 Å². The summed E-state index contributed by atoms with van der Waals surface area (Å²) in [6.07, 6.45) is 0. The summed E-state index contributed by atoms with van der Waals surface area (Å²) in [5, 5.41) is 0. The van der Waals surface area contributed by atoms with Gasteiger partial charge in [0.2, 0.25) is 0 Å². The fourth-order valence-corrected chi connectivity index (χ4v) is 1.82. The summed E-state index contributed by atoms with van der Waals surface area (Å²) in [6.45, 7) is 19.0. The molecule has 1 heteroatoms. The number of aliphatic imine (C=N–C) groups is 1. The summed E-state index contributed by atoms with van der Waals surface area (Å²) in [4.78, 5) is 4.47. The number of nitrogens with zero attached hydrogens (tertiary/aromatic N) is 1. The van der Waals surface area contributed by atoms with Crippen molar-refractivity contribution in [2.24, 2.45) is 16.8 Å². The van der Waals surface area contributed by atoms with Crippen LogP contribution < -0.4 is 0 Å². The van der Waals surface area contributed by atoms with Gasteiger partial charge in [0.1, 0.15) is 0 Å². The normalized spacial score (nSPS) is 14.6. The zero-order chi connectivity index (χ0) is 12.2. The van der Waals surface area contributed by atoms with Crippen molar-refractivity contribution in [3.8, 4) is 0 Å². The standard InChI is InChI=1S/C14H25N/c1-9(2)12(7)14(10(3)4)13(8)15-11(5)6/h9-10H,5H2,1-4,6-8H3/b14-12+,15-13-. The van der Waals surface area contributed by atoms with Gasteiger partial charge in [-0.05, 0) is 38.2 Å². The number of hydrogen-bond acceptors (Lipinski definition) is 1. The van der Waals surface area contributed by atoms with Crippen LogP contribution in [0.15, 0.2) is 28.4 Å². The van der Waals surface area contributed by atoms with Crippen LogP contribution >= 0.6 is 0 Å². The van der Waals surface area contributed by atoms with Crippen molar-refractivity contribution in [3.05, 3.63) is 23.4 Å². The predicted molar refractivity (Wildman–Crippen MR) is 70.3 cm³/mol. The molecule has 1 nitrogen and oxygen atoms in total. The van der Waals surface area contributed by atoms with Gasteiger partial charge in [0.25, 0.3) is 0 Å². The van der Waals surface area contributed by atoms with Gasteiger partial charge in [-0.3, -0.25) is 4.99 Å². The summed E-state index contributed by atoms with van der Waals surface area (Å²) in [5.41, 5.74) is 4.81. The van der Waals surface area contributed by atoms with Crippen LogP contribution in [0.4, 0.5) is 0 Å². The smallest absolute Gasteiger partial charge is 0.0409 e. The monoisotopic (exact) mass is 207 g/mol. The Morgan fingerprint density at radius 1 is 0.933 bits per heavy atom. The Hall–Kier alpha value is -0.850. The maximum absolute atomic E-state index is 4.47. The van der Waals surface area contributed by atoms with Crippen LogP contribution in [0.5, 0.6) is 0 Å². The van der Waals surface area contributed by atoms with Crippen molar-refractivity contribution in [2.45, 2.75) is 48.5 Å². The van der Waals surface area contributed by atoms with Gasteiger partial charge in [-0.15, -0.1) is 0 Å². The minimum atomic E-state index is 0.524. The van der Waals surface area contributed by atoms with Crippen molar-refractivity contribution in [2.75, 3.05) is 0 Å². The van der Waals surface area contributed by atoms with Crippen molar-refractivity contribution in [1.82, 2.24) is 0 Å². The van der Waals surface area contributed by atoms with E-state index in [0.717, 1.165) is 11.4 Å². The van der Waals surface area contributed by atoms with E-state index in [-0.39, 0.29) is 0 Å². The fourth-order valence-electron chi connectivity index (χ4n) is 1.82. The lowest BCUT2D eigenvalue weighted by atomic mass is 9.89. The maximum Gasteiger partial charge on any atom is 0.0409 e. The Labute approximate surface area is 95.0 Å². The molecule has 0 atom stereocenters. The summed E-state index contributed by atoms with van der Waals surface area (Å²) in [6, 6.07) is 0. The van der Waals surface area contributed by atoms with Crippen LogP contribution in [0.25, 0.3) is 0 Å². The lowest BCUT2D eigenvalue weighted by molar-refractivity contribution is 0.713.